The summed E-state index contributed by atoms with van der Waals surface area (Å²) in [6.07, 6.45) is 0. The van der Waals surface area contributed by atoms with Crippen LogP contribution in [0.4, 0.5) is 11.6 Å². The lowest BCUT2D eigenvalue weighted by Crippen LogP contribution is -2.03. The Bertz CT molecular complexity index is 992. The van der Waals surface area contributed by atoms with E-state index in [1.807, 2.05) is 41.7 Å². The van der Waals surface area contributed by atoms with Gasteiger partial charge in [-0.2, -0.15) is 0 Å². The van der Waals surface area contributed by atoms with E-state index in [9.17, 15) is 5.11 Å². The Morgan fingerprint density at radius 1 is 1.05 bits per heavy atom. The van der Waals surface area contributed by atoms with Gasteiger partial charge in [0.25, 0.3) is 0 Å². The standard InChI is InChI=1S/C16H13N5O/c1-10-19-20-15-13-7-2-3-8-14(13)18-16(21(10)15)17-11-5-4-6-12(22)9-11/h2-9,22H,1H3,(H,17,18). The van der Waals surface area contributed by atoms with E-state index in [1.54, 1.807) is 18.2 Å². The smallest absolute Gasteiger partial charge is 0.215 e. The molecule has 2 heterocycles. The number of benzene rings is 2. The van der Waals surface area contributed by atoms with Crippen LogP contribution in [0.5, 0.6) is 5.75 Å². The van der Waals surface area contributed by atoms with Gasteiger partial charge < -0.3 is 10.4 Å². The van der Waals surface area contributed by atoms with Crippen molar-refractivity contribution in [3.8, 4) is 5.75 Å². The summed E-state index contributed by atoms with van der Waals surface area (Å²) in [4.78, 5) is 4.65. The molecule has 6 heteroatoms. The summed E-state index contributed by atoms with van der Waals surface area (Å²) in [5.74, 6) is 1.56. The number of rotatable bonds is 2. The van der Waals surface area contributed by atoms with E-state index in [0.717, 1.165) is 28.1 Å². The van der Waals surface area contributed by atoms with Crippen molar-refractivity contribution in [1.29, 1.82) is 0 Å². The normalized spacial score (nSPS) is 11.1. The Hall–Kier alpha value is -3.15. The molecule has 0 aliphatic heterocycles. The molecule has 0 unspecified atom stereocenters. The summed E-state index contributed by atoms with van der Waals surface area (Å²) < 4.78 is 1.87. The lowest BCUT2D eigenvalue weighted by atomic mass is 10.2. The minimum Gasteiger partial charge on any atom is -0.508 e. The van der Waals surface area contributed by atoms with Crippen LogP contribution in [0.25, 0.3) is 16.6 Å². The minimum absolute atomic E-state index is 0.197. The molecule has 22 heavy (non-hydrogen) atoms. The zero-order chi connectivity index (χ0) is 15.1. The van der Waals surface area contributed by atoms with Crippen molar-refractivity contribution < 1.29 is 5.11 Å². The molecule has 2 N–H and O–H groups in total. The number of phenols is 1. The second kappa shape index (κ2) is 4.70. The predicted octanol–water partition coefficient (Wildman–Crippen LogP) is 3.04. The van der Waals surface area contributed by atoms with Crippen molar-refractivity contribution in [3.05, 3.63) is 54.4 Å². The van der Waals surface area contributed by atoms with Crippen LogP contribution < -0.4 is 5.32 Å². The van der Waals surface area contributed by atoms with Crippen molar-refractivity contribution in [2.75, 3.05) is 5.32 Å². The molecule has 4 rings (SSSR count). The van der Waals surface area contributed by atoms with Crippen molar-refractivity contribution >= 4 is 28.2 Å². The van der Waals surface area contributed by atoms with Crippen LogP contribution in [0, 0.1) is 6.92 Å². The Kier molecular flexibility index (Phi) is 2.69. The third-order valence-corrected chi connectivity index (χ3v) is 3.51. The molecule has 108 valence electrons. The van der Waals surface area contributed by atoms with Crippen molar-refractivity contribution in [2.45, 2.75) is 6.92 Å². The molecule has 0 aliphatic carbocycles. The molecule has 0 spiro atoms. The highest BCUT2D eigenvalue weighted by molar-refractivity contribution is 5.92. The van der Waals surface area contributed by atoms with Crippen molar-refractivity contribution in [2.24, 2.45) is 0 Å². The van der Waals surface area contributed by atoms with Gasteiger partial charge in [-0.25, -0.2) is 9.38 Å². The van der Waals surface area contributed by atoms with E-state index in [0.29, 0.717) is 5.95 Å². The fourth-order valence-electron chi connectivity index (χ4n) is 2.51. The third-order valence-electron chi connectivity index (χ3n) is 3.51. The Balaban J connectivity index is 1.96. The molecule has 2 aromatic heterocycles. The summed E-state index contributed by atoms with van der Waals surface area (Å²) in [6.45, 7) is 1.88. The quantitative estimate of drug-likeness (QED) is 0.593. The van der Waals surface area contributed by atoms with Gasteiger partial charge >= 0.3 is 0 Å². The van der Waals surface area contributed by atoms with Gasteiger partial charge in [0, 0.05) is 17.1 Å². The number of aryl methyl sites for hydroxylation is 1. The monoisotopic (exact) mass is 291 g/mol. The number of hydrogen-bond donors (Lipinski definition) is 2. The SMILES string of the molecule is Cc1nnc2c3ccccc3nc(Nc3cccc(O)c3)n12. The Morgan fingerprint density at radius 3 is 2.77 bits per heavy atom. The average molecular weight is 291 g/mol. The highest BCUT2D eigenvalue weighted by atomic mass is 16.3. The maximum Gasteiger partial charge on any atom is 0.215 e. The van der Waals surface area contributed by atoms with Crippen molar-refractivity contribution in [3.63, 3.8) is 0 Å². The van der Waals surface area contributed by atoms with E-state index >= 15 is 0 Å². The molecular formula is C16H13N5O. The summed E-state index contributed by atoms with van der Waals surface area (Å²) in [6, 6.07) is 14.7. The molecule has 0 atom stereocenters. The van der Waals surface area contributed by atoms with Crippen LogP contribution in [0.3, 0.4) is 0 Å². The fourth-order valence-corrected chi connectivity index (χ4v) is 2.51. The van der Waals surface area contributed by atoms with E-state index in [-0.39, 0.29) is 5.75 Å². The second-order valence-corrected chi connectivity index (χ2v) is 5.03. The van der Waals surface area contributed by atoms with Crippen molar-refractivity contribution in [1.82, 2.24) is 19.6 Å². The molecule has 4 aromatic rings. The molecule has 0 radical (unpaired) electrons. The van der Waals surface area contributed by atoms with E-state index < -0.39 is 0 Å². The largest absolute Gasteiger partial charge is 0.508 e. The lowest BCUT2D eigenvalue weighted by Gasteiger charge is -2.10. The molecule has 0 saturated carbocycles. The molecule has 0 aliphatic rings. The van der Waals surface area contributed by atoms with Crippen LogP contribution in [-0.2, 0) is 0 Å². The Labute approximate surface area is 126 Å². The number of hydrogen-bond acceptors (Lipinski definition) is 5. The number of nitrogens with one attached hydrogen (secondary N) is 1. The first kappa shape index (κ1) is 12.6. The number of aromatic nitrogens is 4. The topological polar surface area (TPSA) is 75.3 Å². The summed E-state index contributed by atoms with van der Waals surface area (Å²) >= 11 is 0. The number of nitrogens with zero attached hydrogens (tertiary/aromatic N) is 4. The van der Waals surface area contributed by atoms with Crippen LogP contribution >= 0.6 is 0 Å². The molecule has 0 fully saturated rings. The first-order valence-corrected chi connectivity index (χ1v) is 6.89. The fraction of sp³-hybridized carbons (Fsp3) is 0.0625. The number of aromatic hydroxyl groups is 1. The highest BCUT2D eigenvalue weighted by Crippen LogP contribution is 2.25. The summed E-state index contributed by atoms with van der Waals surface area (Å²) in [5.41, 5.74) is 2.34. The van der Waals surface area contributed by atoms with Crippen LogP contribution in [0.1, 0.15) is 5.82 Å². The van der Waals surface area contributed by atoms with Gasteiger partial charge in [-0.3, -0.25) is 0 Å². The summed E-state index contributed by atoms with van der Waals surface area (Å²) in [5, 5.41) is 22.2. The molecular weight excluding hydrogens is 278 g/mol. The van der Waals surface area contributed by atoms with Crippen LogP contribution in [0.15, 0.2) is 48.5 Å². The minimum atomic E-state index is 0.197. The summed E-state index contributed by atoms with van der Waals surface area (Å²) in [7, 11) is 0. The zero-order valence-electron chi connectivity index (χ0n) is 11.9. The van der Waals surface area contributed by atoms with Gasteiger partial charge in [-0.15, -0.1) is 10.2 Å². The molecule has 2 aromatic carbocycles. The van der Waals surface area contributed by atoms with E-state index in [2.05, 4.69) is 20.5 Å². The number of fused-ring (bicyclic) bond motifs is 3. The van der Waals surface area contributed by atoms with Crippen LogP contribution in [-0.4, -0.2) is 24.7 Å². The second-order valence-electron chi connectivity index (χ2n) is 5.03. The first-order chi connectivity index (χ1) is 10.7. The zero-order valence-corrected chi connectivity index (χ0v) is 11.9. The molecule has 0 bridgehead atoms. The van der Waals surface area contributed by atoms with Gasteiger partial charge in [0.1, 0.15) is 11.6 Å². The number of anilines is 2. The maximum absolute atomic E-state index is 9.60. The third kappa shape index (κ3) is 1.93. The predicted molar refractivity (Wildman–Crippen MR) is 84.4 cm³/mol. The van der Waals surface area contributed by atoms with Crippen LogP contribution in [0.2, 0.25) is 0 Å². The number of phenolic OH excluding ortho intramolecular Hbond substituents is 1. The highest BCUT2D eigenvalue weighted by Gasteiger charge is 2.12. The average Bonchev–Trinajstić information content (AvgIpc) is 2.90. The van der Waals surface area contributed by atoms with Gasteiger partial charge in [-0.05, 0) is 31.2 Å². The molecule has 0 amide bonds. The maximum atomic E-state index is 9.60. The Morgan fingerprint density at radius 2 is 1.91 bits per heavy atom. The molecule has 6 nitrogen and oxygen atoms in total. The molecule has 0 saturated heterocycles. The number of para-hydroxylation sites is 1. The van der Waals surface area contributed by atoms with Gasteiger partial charge in [0.15, 0.2) is 5.65 Å². The lowest BCUT2D eigenvalue weighted by molar-refractivity contribution is 0.475. The van der Waals surface area contributed by atoms with Gasteiger partial charge in [-0.1, -0.05) is 18.2 Å². The van der Waals surface area contributed by atoms with Gasteiger partial charge in [0.05, 0.1) is 5.52 Å². The van der Waals surface area contributed by atoms with Gasteiger partial charge in [0.2, 0.25) is 5.95 Å². The van der Waals surface area contributed by atoms with E-state index in [1.165, 1.54) is 0 Å². The first-order valence-electron chi connectivity index (χ1n) is 6.89. The van der Waals surface area contributed by atoms with E-state index in [4.69, 9.17) is 0 Å².